The molecule has 2 aromatic heterocycles. The number of hydrogen-bond acceptors (Lipinski definition) is 5. The summed E-state index contributed by atoms with van der Waals surface area (Å²) in [4.78, 5) is 15.3. The Balaban J connectivity index is 1.13. The summed E-state index contributed by atoms with van der Waals surface area (Å²) in [6, 6.07) is 52.4. The summed E-state index contributed by atoms with van der Waals surface area (Å²) in [5.74, 6) is 1.79. The highest BCUT2D eigenvalue weighted by Crippen LogP contribution is 2.37. The number of fused-ring (bicyclic) bond motifs is 3. The van der Waals surface area contributed by atoms with Crippen LogP contribution in [0.1, 0.15) is 27.7 Å². The number of benzene rings is 6. The van der Waals surface area contributed by atoms with Gasteiger partial charge >= 0.3 is 7.12 Å². The molecule has 6 aromatic carbocycles. The van der Waals surface area contributed by atoms with Crippen molar-refractivity contribution in [3.8, 4) is 51.0 Å². The zero-order valence-electron chi connectivity index (χ0n) is 29.6. The molecule has 0 aliphatic carbocycles. The number of rotatable bonds is 6. The van der Waals surface area contributed by atoms with Crippen LogP contribution < -0.4 is 5.46 Å². The first-order valence-electron chi connectivity index (χ1n) is 17.7. The first kappa shape index (κ1) is 32.1. The van der Waals surface area contributed by atoms with Gasteiger partial charge in [0.25, 0.3) is 0 Å². The monoisotopic (exact) mass is 676 g/mol. The number of nitrogens with zero attached hydrogens (tertiary/aromatic N) is 4. The van der Waals surface area contributed by atoms with E-state index < -0.39 is 18.3 Å². The molecule has 9 rings (SSSR count). The summed E-state index contributed by atoms with van der Waals surface area (Å²) in [5, 5.41) is 2.31. The zero-order valence-corrected chi connectivity index (χ0v) is 29.6. The fourth-order valence-corrected chi connectivity index (χ4v) is 6.96. The van der Waals surface area contributed by atoms with Gasteiger partial charge in [0.15, 0.2) is 11.6 Å². The molecule has 1 fully saturated rings. The highest BCUT2D eigenvalue weighted by atomic mass is 16.7. The maximum atomic E-state index is 6.34. The summed E-state index contributed by atoms with van der Waals surface area (Å²) in [5.41, 5.74) is 8.57. The topological polar surface area (TPSA) is 62.1 Å². The van der Waals surface area contributed by atoms with Gasteiger partial charge in [0.1, 0.15) is 0 Å². The van der Waals surface area contributed by atoms with Crippen LogP contribution in [0.2, 0.25) is 0 Å². The largest absolute Gasteiger partial charge is 0.494 e. The average Bonchev–Trinajstić information content (AvgIpc) is 3.64. The number of hydrogen-bond donors (Lipinski definition) is 0. The lowest BCUT2D eigenvalue weighted by molar-refractivity contribution is 0.00578. The van der Waals surface area contributed by atoms with E-state index in [-0.39, 0.29) is 0 Å². The fraction of sp³-hybridized carbons (Fsp3) is 0.133. The molecule has 52 heavy (non-hydrogen) atoms. The van der Waals surface area contributed by atoms with Crippen LogP contribution in [-0.4, -0.2) is 37.8 Å². The zero-order chi connectivity index (χ0) is 35.5. The molecule has 1 aliphatic heterocycles. The van der Waals surface area contributed by atoms with Crippen LogP contribution >= 0.6 is 0 Å². The Hall–Kier alpha value is -5.89. The van der Waals surface area contributed by atoms with Crippen molar-refractivity contribution in [2.24, 2.45) is 0 Å². The van der Waals surface area contributed by atoms with Crippen molar-refractivity contribution in [3.63, 3.8) is 0 Å². The lowest BCUT2D eigenvalue weighted by atomic mass is 9.78. The molecule has 0 spiro atoms. The van der Waals surface area contributed by atoms with E-state index in [2.05, 4.69) is 178 Å². The highest BCUT2D eigenvalue weighted by molar-refractivity contribution is 6.62. The van der Waals surface area contributed by atoms with Crippen LogP contribution in [0.4, 0.5) is 0 Å². The first-order valence-corrected chi connectivity index (χ1v) is 17.7. The van der Waals surface area contributed by atoms with E-state index in [9.17, 15) is 0 Å². The molecule has 6 nitrogen and oxygen atoms in total. The highest BCUT2D eigenvalue weighted by Gasteiger charge is 2.51. The van der Waals surface area contributed by atoms with Gasteiger partial charge in [-0.15, -0.1) is 0 Å². The SMILES string of the molecule is CC1(C)OB(c2cccc(-c3ccc(-c4nc(-c5ccc(-c6ccccc6)cc5)nc(-n5c6ccccc6c6ccccc65)n4)cc3)c2)OC1(C)C. The van der Waals surface area contributed by atoms with Crippen molar-refractivity contribution in [2.75, 3.05) is 0 Å². The minimum atomic E-state index is -0.422. The van der Waals surface area contributed by atoms with Gasteiger partial charge in [-0.25, -0.2) is 4.98 Å². The minimum Gasteiger partial charge on any atom is -0.399 e. The van der Waals surface area contributed by atoms with Crippen LogP contribution in [0, 0.1) is 0 Å². The molecule has 0 amide bonds. The summed E-state index contributed by atoms with van der Waals surface area (Å²) in [6.07, 6.45) is 0. The molecule has 1 aliphatic rings. The lowest BCUT2D eigenvalue weighted by Gasteiger charge is -2.32. The van der Waals surface area contributed by atoms with Crippen LogP contribution in [0.5, 0.6) is 0 Å². The Morgan fingerprint density at radius 1 is 0.442 bits per heavy atom. The van der Waals surface area contributed by atoms with Crippen LogP contribution in [0.15, 0.2) is 152 Å². The first-order chi connectivity index (χ1) is 25.2. The molecule has 252 valence electrons. The molecule has 0 saturated carbocycles. The minimum absolute atomic E-state index is 0.402. The average molecular weight is 677 g/mol. The van der Waals surface area contributed by atoms with Gasteiger partial charge in [-0.1, -0.05) is 140 Å². The Kier molecular flexibility index (Phi) is 7.65. The van der Waals surface area contributed by atoms with Crippen molar-refractivity contribution in [1.82, 2.24) is 19.5 Å². The quantitative estimate of drug-likeness (QED) is 0.164. The van der Waals surface area contributed by atoms with Gasteiger partial charge in [-0.3, -0.25) is 4.57 Å². The fourth-order valence-electron chi connectivity index (χ4n) is 6.96. The Morgan fingerprint density at radius 2 is 0.885 bits per heavy atom. The van der Waals surface area contributed by atoms with Gasteiger partial charge in [0.05, 0.1) is 22.2 Å². The molecule has 0 N–H and O–H groups in total. The predicted octanol–water partition coefficient (Wildman–Crippen LogP) is 9.94. The van der Waals surface area contributed by atoms with Crippen molar-refractivity contribution in [1.29, 1.82) is 0 Å². The van der Waals surface area contributed by atoms with E-state index in [1.165, 1.54) is 0 Å². The molecule has 1 saturated heterocycles. The molecule has 7 heteroatoms. The maximum Gasteiger partial charge on any atom is 0.494 e. The Bertz CT molecular complexity index is 2510. The normalized spacial score (nSPS) is 15.0. The maximum absolute atomic E-state index is 6.34. The third-order valence-electron chi connectivity index (χ3n) is 10.5. The summed E-state index contributed by atoms with van der Waals surface area (Å²) >= 11 is 0. The second kappa shape index (κ2) is 12.4. The molecule has 0 atom stereocenters. The van der Waals surface area contributed by atoms with Gasteiger partial charge in [0.2, 0.25) is 5.95 Å². The predicted molar refractivity (Wildman–Crippen MR) is 212 cm³/mol. The molecule has 3 heterocycles. The lowest BCUT2D eigenvalue weighted by Crippen LogP contribution is -2.41. The van der Waals surface area contributed by atoms with E-state index >= 15 is 0 Å². The Morgan fingerprint density at radius 3 is 1.44 bits per heavy atom. The van der Waals surface area contributed by atoms with Crippen molar-refractivity contribution in [2.45, 2.75) is 38.9 Å². The van der Waals surface area contributed by atoms with Gasteiger partial charge in [-0.05, 0) is 67.5 Å². The number of aromatic nitrogens is 4. The van der Waals surface area contributed by atoms with Crippen LogP contribution in [-0.2, 0) is 9.31 Å². The smallest absolute Gasteiger partial charge is 0.399 e. The summed E-state index contributed by atoms with van der Waals surface area (Å²) in [6.45, 7) is 8.31. The standard InChI is InChI=1S/C45H37BN4O2/c1-44(2)45(3,4)52-46(51-44)36-16-12-15-35(29-36)32-23-27-34(28-24-32)42-47-41(33-25-21-31(22-26-33)30-13-6-5-7-14-30)48-43(49-42)50-39-19-10-8-17-37(39)38-18-9-11-20-40(38)50/h5-29H,1-4H3. The van der Waals surface area contributed by atoms with E-state index in [1.54, 1.807) is 0 Å². The third-order valence-corrected chi connectivity index (χ3v) is 10.5. The van der Waals surface area contributed by atoms with Gasteiger partial charge < -0.3 is 9.31 Å². The van der Waals surface area contributed by atoms with Crippen LogP contribution in [0.25, 0.3) is 72.8 Å². The van der Waals surface area contributed by atoms with Gasteiger partial charge in [-0.2, -0.15) is 9.97 Å². The molecular formula is C45H37BN4O2. The molecule has 0 radical (unpaired) electrons. The summed E-state index contributed by atoms with van der Waals surface area (Å²) in [7, 11) is -0.422. The van der Waals surface area contributed by atoms with E-state index in [0.717, 1.165) is 60.6 Å². The third kappa shape index (κ3) is 5.59. The van der Waals surface area contributed by atoms with Crippen molar-refractivity contribution >= 4 is 34.4 Å². The second-order valence-electron chi connectivity index (χ2n) is 14.4. The summed E-state index contributed by atoms with van der Waals surface area (Å²) < 4.78 is 14.8. The van der Waals surface area contributed by atoms with Crippen molar-refractivity contribution in [3.05, 3.63) is 152 Å². The van der Waals surface area contributed by atoms with E-state index in [1.807, 2.05) is 6.07 Å². The molecular weight excluding hydrogens is 639 g/mol. The van der Waals surface area contributed by atoms with Crippen LogP contribution in [0.3, 0.4) is 0 Å². The number of para-hydroxylation sites is 2. The Labute approximate surface area is 303 Å². The van der Waals surface area contributed by atoms with E-state index in [0.29, 0.717) is 17.6 Å². The van der Waals surface area contributed by atoms with E-state index in [4.69, 9.17) is 24.3 Å². The molecule has 8 aromatic rings. The molecule has 0 bridgehead atoms. The second-order valence-corrected chi connectivity index (χ2v) is 14.4. The van der Waals surface area contributed by atoms with Gasteiger partial charge in [0, 0.05) is 21.9 Å². The molecule has 0 unspecified atom stereocenters. The van der Waals surface area contributed by atoms with Crippen molar-refractivity contribution < 1.29 is 9.31 Å².